The zero-order valence-electron chi connectivity index (χ0n) is 8.73. The molecule has 82 valence electrons. The Morgan fingerprint density at radius 3 is 2.25 bits per heavy atom. The minimum atomic E-state index is -1.02. The number of hydrogen-bond donors (Lipinski definition) is 2. The molecule has 0 heterocycles. The number of carboxylic acid groups (broad SMARTS) is 1. The standard InChI is InChI=1S/C12H11NO3/c1-3-8(2)13-11(14)9-4-6-10(7-5-9)12(15)16/h1,4-8H,2H3,(H,13,14)(H,15,16). The molecule has 0 aromatic heterocycles. The molecule has 16 heavy (non-hydrogen) atoms. The molecule has 0 aliphatic heterocycles. The Morgan fingerprint density at radius 1 is 1.31 bits per heavy atom. The Hall–Kier alpha value is -2.28. The minimum Gasteiger partial charge on any atom is -0.478 e. The first-order chi connectivity index (χ1) is 7.54. The zero-order chi connectivity index (χ0) is 12.1. The van der Waals surface area contributed by atoms with E-state index < -0.39 is 5.97 Å². The van der Waals surface area contributed by atoms with Gasteiger partial charge in [0.15, 0.2) is 0 Å². The largest absolute Gasteiger partial charge is 0.478 e. The highest BCUT2D eigenvalue weighted by atomic mass is 16.4. The Morgan fingerprint density at radius 2 is 1.81 bits per heavy atom. The first kappa shape index (κ1) is 11.8. The van der Waals surface area contributed by atoms with Gasteiger partial charge in [-0.15, -0.1) is 6.42 Å². The second-order valence-corrected chi connectivity index (χ2v) is 3.24. The lowest BCUT2D eigenvalue weighted by atomic mass is 10.1. The topological polar surface area (TPSA) is 66.4 Å². The first-order valence-corrected chi connectivity index (χ1v) is 4.65. The van der Waals surface area contributed by atoms with Crippen LogP contribution in [0.5, 0.6) is 0 Å². The maximum Gasteiger partial charge on any atom is 0.335 e. The van der Waals surface area contributed by atoms with E-state index in [0.29, 0.717) is 5.56 Å². The SMILES string of the molecule is C#CC(C)NC(=O)c1ccc(C(=O)O)cc1. The fourth-order valence-electron chi connectivity index (χ4n) is 1.09. The average molecular weight is 217 g/mol. The van der Waals surface area contributed by atoms with E-state index in [4.69, 9.17) is 11.5 Å². The predicted molar refractivity (Wildman–Crippen MR) is 59.2 cm³/mol. The second kappa shape index (κ2) is 4.99. The van der Waals surface area contributed by atoms with Crippen LogP contribution < -0.4 is 5.32 Å². The molecule has 0 aliphatic carbocycles. The number of carbonyl (C=O) groups excluding carboxylic acids is 1. The molecule has 2 N–H and O–H groups in total. The predicted octanol–water partition coefficient (Wildman–Crippen LogP) is 1.14. The van der Waals surface area contributed by atoms with Crippen LogP contribution in [0.15, 0.2) is 24.3 Å². The van der Waals surface area contributed by atoms with Crippen LogP contribution in [0.2, 0.25) is 0 Å². The van der Waals surface area contributed by atoms with Crippen molar-refractivity contribution in [3.05, 3.63) is 35.4 Å². The summed E-state index contributed by atoms with van der Waals surface area (Å²) in [4.78, 5) is 22.1. The summed E-state index contributed by atoms with van der Waals surface area (Å²) in [7, 11) is 0. The number of hydrogen-bond acceptors (Lipinski definition) is 2. The molecule has 0 saturated carbocycles. The third-order valence-electron chi connectivity index (χ3n) is 1.99. The van der Waals surface area contributed by atoms with Crippen molar-refractivity contribution in [2.75, 3.05) is 0 Å². The molecule has 1 aromatic carbocycles. The van der Waals surface area contributed by atoms with Crippen LogP contribution in [-0.2, 0) is 0 Å². The molecule has 0 spiro atoms. The summed E-state index contributed by atoms with van der Waals surface area (Å²) in [6.45, 7) is 1.68. The number of carboxylic acids is 1. The van der Waals surface area contributed by atoms with Crippen molar-refractivity contribution < 1.29 is 14.7 Å². The summed E-state index contributed by atoms with van der Waals surface area (Å²) < 4.78 is 0. The zero-order valence-corrected chi connectivity index (χ0v) is 8.73. The fraction of sp³-hybridized carbons (Fsp3) is 0.167. The lowest BCUT2D eigenvalue weighted by Gasteiger charge is -2.07. The highest BCUT2D eigenvalue weighted by Crippen LogP contribution is 2.04. The molecular weight excluding hydrogens is 206 g/mol. The van der Waals surface area contributed by atoms with Gasteiger partial charge in [-0.05, 0) is 31.2 Å². The van der Waals surface area contributed by atoms with Crippen LogP contribution in [-0.4, -0.2) is 23.0 Å². The van der Waals surface area contributed by atoms with Gasteiger partial charge in [-0.25, -0.2) is 4.79 Å². The summed E-state index contributed by atoms with van der Waals surface area (Å²) in [6, 6.07) is 5.28. The summed E-state index contributed by atoms with van der Waals surface area (Å²) in [6.07, 6.45) is 5.12. The lowest BCUT2D eigenvalue weighted by Crippen LogP contribution is -2.31. The normalized spacial score (nSPS) is 11.2. The maximum atomic E-state index is 11.5. The van der Waals surface area contributed by atoms with Crippen molar-refractivity contribution in [2.45, 2.75) is 13.0 Å². The summed E-state index contributed by atoms with van der Waals surface area (Å²) in [5.41, 5.74) is 0.522. The van der Waals surface area contributed by atoms with Crippen LogP contribution >= 0.6 is 0 Å². The van der Waals surface area contributed by atoms with Crippen LogP contribution in [0.3, 0.4) is 0 Å². The summed E-state index contributed by atoms with van der Waals surface area (Å²) in [5, 5.41) is 11.2. The average Bonchev–Trinajstić information content (AvgIpc) is 2.28. The molecular formula is C12H11NO3. The number of amides is 1. The van der Waals surface area contributed by atoms with Gasteiger partial charge in [0, 0.05) is 5.56 Å². The van der Waals surface area contributed by atoms with Crippen LogP contribution in [0.4, 0.5) is 0 Å². The Kier molecular flexibility index (Phi) is 3.67. The fourth-order valence-corrected chi connectivity index (χ4v) is 1.09. The van der Waals surface area contributed by atoms with E-state index in [-0.39, 0.29) is 17.5 Å². The van der Waals surface area contributed by atoms with Crippen LogP contribution in [0, 0.1) is 12.3 Å². The smallest absolute Gasteiger partial charge is 0.335 e. The molecule has 4 nitrogen and oxygen atoms in total. The van der Waals surface area contributed by atoms with Gasteiger partial charge in [-0.2, -0.15) is 0 Å². The van der Waals surface area contributed by atoms with Crippen molar-refractivity contribution in [2.24, 2.45) is 0 Å². The van der Waals surface area contributed by atoms with Crippen LogP contribution in [0.1, 0.15) is 27.6 Å². The van der Waals surface area contributed by atoms with Crippen LogP contribution in [0.25, 0.3) is 0 Å². The van der Waals surface area contributed by atoms with E-state index in [0.717, 1.165) is 0 Å². The molecule has 4 heteroatoms. The Labute approximate surface area is 93.3 Å². The highest BCUT2D eigenvalue weighted by molar-refractivity contribution is 5.96. The van der Waals surface area contributed by atoms with Gasteiger partial charge >= 0.3 is 5.97 Å². The lowest BCUT2D eigenvalue weighted by molar-refractivity contribution is 0.0696. The summed E-state index contributed by atoms with van der Waals surface area (Å²) >= 11 is 0. The van der Waals surface area contributed by atoms with E-state index in [1.807, 2.05) is 0 Å². The van der Waals surface area contributed by atoms with Gasteiger partial charge < -0.3 is 10.4 Å². The van der Waals surface area contributed by atoms with E-state index in [1.54, 1.807) is 6.92 Å². The molecule has 1 unspecified atom stereocenters. The second-order valence-electron chi connectivity index (χ2n) is 3.24. The van der Waals surface area contributed by atoms with Crippen molar-refractivity contribution in [1.82, 2.24) is 5.32 Å². The minimum absolute atomic E-state index is 0.140. The molecule has 1 aromatic rings. The molecule has 0 saturated heterocycles. The van der Waals surface area contributed by atoms with E-state index in [9.17, 15) is 9.59 Å². The monoisotopic (exact) mass is 217 g/mol. The third kappa shape index (κ3) is 2.85. The summed E-state index contributed by atoms with van der Waals surface area (Å²) in [5.74, 6) is 1.03. The van der Waals surface area contributed by atoms with Crippen molar-refractivity contribution in [3.63, 3.8) is 0 Å². The molecule has 1 amide bonds. The van der Waals surface area contributed by atoms with E-state index in [1.165, 1.54) is 24.3 Å². The van der Waals surface area contributed by atoms with E-state index in [2.05, 4.69) is 11.2 Å². The van der Waals surface area contributed by atoms with Gasteiger partial charge in [-0.1, -0.05) is 5.92 Å². The van der Waals surface area contributed by atoms with Gasteiger partial charge in [0.05, 0.1) is 11.6 Å². The maximum absolute atomic E-state index is 11.5. The number of terminal acetylenes is 1. The Bertz CT molecular complexity index is 442. The molecule has 0 bridgehead atoms. The van der Waals surface area contributed by atoms with Crippen molar-refractivity contribution in [3.8, 4) is 12.3 Å². The number of rotatable bonds is 3. The van der Waals surface area contributed by atoms with E-state index >= 15 is 0 Å². The van der Waals surface area contributed by atoms with Gasteiger partial charge in [0.2, 0.25) is 0 Å². The molecule has 1 atom stereocenters. The molecule has 1 rings (SSSR count). The highest BCUT2D eigenvalue weighted by Gasteiger charge is 2.09. The van der Waals surface area contributed by atoms with Gasteiger partial charge in [0.1, 0.15) is 0 Å². The van der Waals surface area contributed by atoms with Crippen molar-refractivity contribution >= 4 is 11.9 Å². The number of nitrogens with one attached hydrogen (secondary N) is 1. The van der Waals surface area contributed by atoms with Gasteiger partial charge in [-0.3, -0.25) is 4.79 Å². The first-order valence-electron chi connectivity index (χ1n) is 4.65. The number of aromatic carboxylic acids is 1. The Balaban J connectivity index is 2.79. The third-order valence-corrected chi connectivity index (χ3v) is 1.99. The van der Waals surface area contributed by atoms with Gasteiger partial charge in [0.25, 0.3) is 5.91 Å². The molecule has 0 fully saturated rings. The molecule has 0 radical (unpaired) electrons. The molecule has 0 aliphatic rings. The number of benzene rings is 1. The number of carbonyl (C=O) groups is 2. The quantitative estimate of drug-likeness (QED) is 0.746. The van der Waals surface area contributed by atoms with Crippen molar-refractivity contribution in [1.29, 1.82) is 0 Å².